The SMILES string of the molecule is CC(C)c1ccc(NC(=O)c2cnc(Nc3ccc(F)cc3)cn2)cc1. The van der Waals surface area contributed by atoms with E-state index in [0.717, 1.165) is 0 Å². The number of hydrogen-bond donors (Lipinski definition) is 2. The summed E-state index contributed by atoms with van der Waals surface area (Å²) in [7, 11) is 0. The van der Waals surface area contributed by atoms with E-state index >= 15 is 0 Å². The molecule has 3 rings (SSSR count). The number of nitrogens with one attached hydrogen (secondary N) is 2. The average molecular weight is 350 g/mol. The van der Waals surface area contributed by atoms with Crippen LogP contribution in [0.15, 0.2) is 60.9 Å². The van der Waals surface area contributed by atoms with Crippen LogP contribution >= 0.6 is 0 Å². The van der Waals surface area contributed by atoms with E-state index in [0.29, 0.717) is 23.1 Å². The molecule has 0 fully saturated rings. The number of anilines is 3. The van der Waals surface area contributed by atoms with Crippen molar-refractivity contribution in [1.29, 1.82) is 0 Å². The van der Waals surface area contributed by atoms with Crippen LogP contribution in [0, 0.1) is 5.82 Å². The predicted octanol–water partition coefficient (Wildman–Crippen LogP) is 4.74. The van der Waals surface area contributed by atoms with Crippen LogP contribution in [0.4, 0.5) is 21.6 Å². The summed E-state index contributed by atoms with van der Waals surface area (Å²) >= 11 is 0. The third kappa shape index (κ3) is 4.42. The number of carbonyl (C=O) groups excluding carboxylic acids is 1. The van der Waals surface area contributed by atoms with E-state index in [1.807, 2.05) is 24.3 Å². The van der Waals surface area contributed by atoms with Gasteiger partial charge in [-0.25, -0.2) is 14.4 Å². The number of benzene rings is 2. The molecule has 0 unspecified atom stereocenters. The minimum Gasteiger partial charge on any atom is -0.339 e. The molecule has 0 aliphatic carbocycles. The van der Waals surface area contributed by atoms with Gasteiger partial charge in [-0.3, -0.25) is 4.79 Å². The van der Waals surface area contributed by atoms with Crippen LogP contribution in [0.5, 0.6) is 0 Å². The molecule has 1 aromatic heterocycles. The van der Waals surface area contributed by atoms with Gasteiger partial charge < -0.3 is 10.6 Å². The zero-order chi connectivity index (χ0) is 18.5. The lowest BCUT2D eigenvalue weighted by atomic mass is 10.0. The normalized spacial score (nSPS) is 10.6. The van der Waals surface area contributed by atoms with Gasteiger partial charge >= 0.3 is 0 Å². The number of halogens is 1. The first-order valence-corrected chi connectivity index (χ1v) is 8.27. The van der Waals surface area contributed by atoms with Crippen molar-refractivity contribution in [1.82, 2.24) is 9.97 Å². The first-order chi connectivity index (χ1) is 12.5. The van der Waals surface area contributed by atoms with E-state index in [-0.39, 0.29) is 17.4 Å². The van der Waals surface area contributed by atoms with Crippen molar-refractivity contribution in [3.8, 4) is 0 Å². The molecule has 132 valence electrons. The molecular formula is C20H19FN4O. The Morgan fingerprint density at radius 1 is 0.923 bits per heavy atom. The maximum Gasteiger partial charge on any atom is 0.275 e. The summed E-state index contributed by atoms with van der Waals surface area (Å²) in [6.45, 7) is 4.23. The molecule has 0 saturated carbocycles. The van der Waals surface area contributed by atoms with Crippen molar-refractivity contribution in [3.63, 3.8) is 0 Å². The van der Waals surface area contributed by atoms with Gasteiger partial charge in [0.2, 0.25) is 0 Å². The minimum absolute atomic E-state index is 0.211. The van der Waals surface area contributed by atoms with Crippen LogP contribution in [0.1, 0.15) is 35.8 Å². The van der Waals surface area contributed by atoms with E-state index < -0.39 is 0 Å². The van der Waals surface area contributed by atoms with E-state index in [1.165, 1.54) is 30.1 Å². The Morgan fingerprint density at radius 2 is 1.58 bits per heavy atom. The van der Waals surface area contributed by atoms with Gasteiger partial charge in [-0.2, -0.15) is 0 Å². The lowest BCUT2D eigenvalue weighted by molar-refractivity contribution is 0.102. The minimum atomic E-state index is -0.330. The summed E-state index contributed by atoms with van der Waals surface area (Å²) in [5.74, 6) is 0.263. The molecule has 0 radical (unpaired) electrons. The molecule has 2 aromatic carbocycles. The lowest BCUT2D eigenvalue weighted by Crippen LogP contribution is -2.14. The molecule has 3 aromatic rings. The molecule has 0 spiro atoms. The molecule has 0 aliphatic heterocycles. The topological polar surface area (TPSA) is 66.9 Å². The highest BCUT2D eigenvalue weighted by atomic mass is 19.1. The number of amides is 1. The third-order valence-corrected chi connectivity index (χ3v) is 3.84. The summed E-state index contributed by atoms with van der Waals surface area (Å²) in [5, 5.41) is 5.79. The molecular weight excluding hydrogens is 331 g/mol. The summed E-state index contributed by atoms with van der Waals surface area (Å²) in [6.07, 6.45) is 2.85. The highest BCUT2D eigenvalue weighted by molar-refractivity contribution is 6.02. The van der Waals surface area contributed by atoms with E-state index in [9.17, 15) is 9.18 Å². The van der Waals surface area contributed by atoms with Crippen LogP contribution in [0.2, 0.25) is 0 Å². The van der Waals surface area contributed by atoms with Gasteiger partial charge in [0.1, 0.15) is 17.3 Å². The van der Waals surface area contributed by atoms with Crippen LogP contribution < -0.4 is 10.6 Å². The Labute approximate surface area is 151 Å². The molecule has 0 aliphatic rings. The molecule has 1 amide bonds. The Morgan fingerprint density at radius 3 is 2.15 bits per heavy atom. The zero-order valence-corrected chi connectivity index (χ0v) is 14.5. The van der Waals surface area contributed by atoms with E-state index in [4.69, 9.17) is 0 Å². The molecule has 5 nitrogen and oxygen atoms in total. The number of nitrogens with zero attached hydrogens (tertiary/aromatic N) is 2. The second-order valence-corrected chi connectivity index (χ2v) is 6.15. The largest absolute Gasteiger partial charge is 0.339 e. The van der Waals surface area contributed by atoms with Gasteiger partial charge in [0.15, 0.2) is 0 Å². The Kier molecular flexibility index (Phi) is 5.22. The van der Waals surface area contributed by atoms with Crippen LogP contribution in [-0.4, -0.2) is 15.9 Å². The Balaban J connectivity index is 1.63. The monoisotopic (exact) mass is 350 g/mol. The fourth-order valence-corrected chi connectivity index (χ4v) is 2.34. The Bertz CT molecular complexity index is 875. The second-order valence-electron chi connectivity index (χ2n) is 6.15. The van der Waals surface area contributed by atoms with Gasteiger partial charge in [-0.1, -0.05) is 26.0 Å². The maximum absolute atomic E-state index is 12.9. The van der Waals surface area contributed by atoms with Crippen LogP contribution in [0.3, 0.4) is 0 Å². The van der Waals surface area contributed by atoms with Crippen molar-refractivity contribution in [2.45, 2.75) is 19.8 Å². The fourth-order valence-electron chi connectivity index (χ4n) is 2.34. The number of hydrogen-bond acceptors (Lipinski definition) is 4. The van der Waals surface area contributed by atoms with Gasteiger partial charge in [0.05, 0.1) is 12.4 Å². The summed E-state index contributed by atoms with van der Waals surface area (Å²) in [5.41, 5.74) is 2.81. The quantitative estimate of drug-likeness (QED) is 0.698. The molecule has 0 bridgehead atoms. The maximum atomic E-state index is 12.9. The molecule has 0 atom stereocenters. The third-order valence-electron chi connectivity index (χ3n) is 3.84. The zero-order valence-electron chi connectivity index (χ0n) is 14.5. The molecule has 0 saturated heterocycles. The fraction of sp³-hybridized carbons (Fsp3) is 0.150. The summed E-state index contributed by atoms with van der Waals surface area (Å²) in [4.78, 5) is 20.6. The van der Waals surface area contributed by atoms with E-state index in [2.05, 4.69) is 34.4 Å². The summed E-state index contributed by atoms with van der Waals surface area (Å²) in [6, 6.07) is 13.6. The van der Waals surface area contributed by atoms with Crippen molar-refractivity contribution >= 4 is 23.1 Å². The van der Waals surface area contributed by atoms with Crippen LogP contribution in [0.25, 0.3) is 0 Å². The predicted molar refractivity (Wildman–Crippen MR) is 100 cm³/mol. The van der Waals surface area contributed by atoms with Gasteiger partial charge in [0.25, 0.3) is 5.91 Å². The number of aromatic nitrogens is 2. The standard InChI is InChI=1S/C20H19FN4O/c1-13(2)14-3-7-17(8-4-14)25-20(26)18-11-23-19(12-22-18)24-16-9-5-15(21)6-10-16/h3-13H,1-2H3,(H,23,24)(H,25,26). The number of rotatable bonds is 5. The highest BCUT2D eigenvalue weighted by Gasteiger charge is 2.09. The van der Waals surface area contributed by atoms with Crippen molar-refractivity contribution in [3.05, 3.63) is 78.0 Å². The van der Waals surface area contributed by atoms with Crippen molar-refractivity contribution < 1.29 is 9.18 Å². The van der Waals surface area contributed by atoms with Gasteiger partial charge in [0, 0.05) is 11.4 Å². The second kappa shape index (κ2) is 7.74. The smallest absolute Gasteiger partial charge is 0.275 e. The van der Waals surface area contributed by atoms with Crippen molar-refractivity contribution in [2.75, 3.05) is 10.6 Å². The molecule has 2 N–H and O–H groups in total. The number of carbonyl (C=O) groups is 1. The average Bonchev–Trinajstić information content (AvgIpc) is 2.64. The van der Waals surface area contributed by atoms with Gasteiger partial charge in [-0.15, -0.1) is 0 Å². The lowest BCUT2D eigenvalue weighted by Gasteiger charge is -2.09. The van der Waals surface area contributed by atoms with Crippen LogP contribution in [-0.2, 0) is 0 Å². The van der Waals surface area contributed by atoms with Crippen molar-refractivity contribution in [2.24, 2.45) is 0 Å². The van der Waals surface area contributed by atoms with Gasteiger partial charge in [-0.05, 0) is 47.9 Å². The highest BCUT2D eigenvalue weighted by Crippen LogP contribution is 2.18. The molecule has 26 heavy (non-hydrogen) atoms. The van der Waals surface area contributed by atoms with E-state index in [1.54, 1.807) is 12.1 Å². The molecule has 1 heterocycles. The molecule has 6 heteroatoms. The Hall–Kier alpha value is -3.28. The first-order valence-electron chi connectivity index (χ1n) is 8.27. The first kappa shape index (κ1) is 17.5. The summed E-state index contributed by atoms with van der Waals surface area (Å²) < 4.78 is 12.9.